The number of nitrogens with one attached hydrogen (secondary N) is 1. The molecule has 0 aliphatic heterocycles. The predicted molar refractivity (Wildman–Crippen MR) is 65.9 cm³/mol. The number of anilines is 1. The van der Waals surface area contributed by atoms with Gasteiger partial charge in [-0.25, -0.2) is 39.5 Å². The highest BCUT2D eigenvalue weighted by atomic mass is 79.9. The van der Waals surface area contributed by atoms with Crippen molar-refractivity contribution < 1.29 is 39.5 Å². The van der Waals surface area contributed by atoms with E-state index in [9.17, 15) is 39.5 Å². The lowest BCUT2D eigenvalue weighted by atomic mass is 9.88. The quantitative estimate of drug-likeness (QED) is 0.329. The molecule has 0 aromatic heterocycles. The fourth-order valence-corrected chi connectivity index (χ4v) is 2.74. The second-order valence-electron chi connectivity index (χ2n) is 4.84. The number of halogens is 10. The van der Waals surface area contributed by atoms with Gasteiger partial charge in [-0.3, -0.25) is 0 Å². The average molecular weight is 416 g/mol. The molecule has 1 fully saturated rings. The van der Waals surface area contributed by atoms with Crippen LogP contribution in [0.4, 0.5) is 45.2 Å². The van der Waals surface area contributed by atoms with Crippen molar-refractivity contribution in [1.82, 2.24) is 0 Å². The molecule has 0 spiro atoms. The summed E-state index contributed by atoms with van der Waals surface area (Å²) in [5, 5.41) is 1.36. The lowest BCUT2D eigenvalue weighted by Crippen LogP contribution is -2.58. The SMILES string of the molecule is Fc1c(F)c(F)c(NC2C(F)C(F)C(Br)C(F)C2F)c(F)c1F. The van der Waals surface area contributed by atoms with Gasteiger partial charge in [-0.1, -0.05) is 15.9 Å². The van der Waals surface area contributed by atoms with Crippen LogP contribution in [-0.2, 0) is 0 Å². The van der Waals surface area contributed by atoms with E-state index >= 15 is 0 Å². The van der Waals surface area contributed by atoms with E-state index in [1.54, 1.807) is 0 Å². The van der Waals surface area contributed by atoms with Crippen LogP contribution in [0.1, 0.15) is 0 Å². The Morgan fingerprint density at radius 3 is 1.35 bits per heavy atom. The summed E-state index contributed by atoms with van der Waals surface area (Å²) in [4.78, 5) is -1.86. The van der Waals surface area contributed by atoms with Gasteiger partial charge in [-0.15, -0.1) is 0 Å². The van der Waals surface area contributed by atoms with Crippen molar-refractivity contribution in [3.05, 3.63) is 29.1 Å². The Labute approximate surface area is 132 Å². The van der Waals surface area contributed by atoms with Crippen LogP contribution in [0.3, 0.4) is 0 Å². The fraction of sp³-hybridized carbons (Fsp3) is 0.500. The minimum Gasteiger partial charge on any atom is -0.371 e. The minimum atomic E-state index is -2.80. The Hall–Kier alpha value is -1.13. The first-order valence-electron chi connectivity index (χ1n) is 6.07. The Morgan fingerprint density at radius 2 is 0.957 bits per heavy atom. The second kappa shape index (κ2) is 6.40. The molecule has 0 heterocycles. The molecule has 4 atom stereocenters. The molecule has 0 bridgehead atoms. The van der Waals surface area contributed by atoms with Gasteiger partial charge in [0, 0.05) is 0 Å². The summed E-state index contributed by atoms with van der Waals surface area (Å²) in [6.45, 7) is 0. The molecule has 0 amide bonds. The number of alkyl halides is 5. The molecular weight excluding hydrogens is 409 g/mol. The molecule has 4 unspecified atom stereocenters. The third-order valence-corrected chi connectivity index (χ3v) is 4.43. The Kier molecular flexibility index (Phi) is 5.07. The third kappa shape index (κ3) is 2.87. The summed E-state index contributed by atoms with van der Waals surface area (Å²) < 4.78 is 120. The molecule has 1 aliphatic rings. The highest BCUT2D eigenvalue weighted by Crippen LogP contribution is 2.37. The summed E-state index contributed by atoms with van der Waals surface area (Å²) in [6.07, 6.45) is -10.8. The highest BCUT2D eigenvalue weighted by Gasteiger charge is 2.52. The zero-order chi connectivity index (χ0) is 17.6. The summed E-state index contributed by atoms with van der Waals surface area (Å²) >= 11 is 2.40. The van der Waals surface area contributed by atoms with Crippen LogP contribution in [0.5, 0.6) is 0 Å². The molecule has 2 rings (SSSR count). The Balaban J connectivity index is 2.42. The smallest absolute Gasteiger partial charge is 0.200 e. The monoisotopic (exact) mass is 415 g/mol. The van der Waals surface area contributed by atoms with E-state index in [-0.39, 0.29) is 0 Å². The normalized spacial score (nSPS) is 34.5. The van der Waals surface area contributed by atoms with Gasteiger partial charge in [-0.2, -0.15) is 0 Å². The van der Waals surface area contributed by atoms with Crippen molar-refractivity contribution >= 4 is 21.6 Å². The van der Waals surface area contributed by atoms with Crippen LogP contribution in [0, 0.1) is 29.1 Å². The number of hydrogen-bond donors (Lipinski definition) is 1. The van der Waals surface area contributed by atoms with Crippen molar-refractivity contribution in [2.75, 3.05) is 5.32 Å². The largest absolute Gasteiger partial charge is 0.371 e. The molecule has 1 saturated carbocycles. The van der Waals surface area contributed by atoms with Crippen LogP contribution in [-0.4, -0.2) is 35.6 Å². The lowest BCUT2D eigenvalue weighted by molar-refractivity contribution is 0.0113. The van der Waals surface area contributed by atoms with E-state index in [0.717, 1.165) is 0 Å². The highest BCUT2D eigenvalue weighted by molar-refractivity contribution is 9.09. The van der Waals surface area contributed by atoms with Gasteiger partial charge < -0.3 is 5.32 Å². The average Bonchev–Trinajstić information content (AvgIpc) is 2.54. The minimum absolute atomic E-state index is 1.36. The summed E-state index contributed by atoms with van der Waals surface area (Å²) in [5.41, 5.74) is -1.76. The van der Waals surface area contributed by atoms with Crippen molar-refractivity contribution in [2.24, 2.45) is 0 Å². The van der Waals surface area contributed by atoms with Gasteiger partial charge >= 0.3 is 0 Å². The summed E-state index contributed by atoms with van der Waals surface area (Å²) in [6, 6.07) is -2.48. The molecule has 130 valence electrons. The first kappa shape index (κ1) is 18.2. The molecule has 0 radical (unpaired) electrons. The van der Waals surface area contributed by atoms with E-state index < -0.39 is 70.3 Å². The molecule has 23 heavy (non-hydrogen) atoms. The zero-order valence-corrected chi connectivity index (χ0v) is 12.3. The molecule has 1 N–H and O–H groups in total. The molecule has 1 aromatic rings. The topological polar surface area (TPSA) is 12.0 Å². The first-order chi connectivity index (χ1) is 10.6. The zero-order valence-electron chi connectivity index (χ0n) is 10.7. The van der Waals surface area contributed by atoms with Crippen LogP contribution in [0.2, 0.25) is 0 Å². The van der Waals surface area contributed by atoms with Gasteiger partial charge in [0.1, 0.15) is 18.0 Å². The lowest BCUT2D eigenvalue weighted by Gasteiger charge is -2.38. The number of hydrogen-bond acceptors (Lipinski definition) is 1. The molecule has 1 aliphatic carbocycles. The number of benzene rings is 1. The maximum Gasteiger partial charge on any atom is 0.200 e. The van der Waals surface area contributed by atoms with Gasteiger partial charge in [0.15, 0.2) is 35.6 Å². The van der Waals surface area contributed by atoms with Crippen molar-refractivity contribution in [2.45, 2.75) is 35.6 Å². The fourth-order valence-electron chi connectivity index (χ4n) is 2.16. The van der Waals surface area contributed by atoms with E-state index in [1.807, 2.05) is 0 Å². The van der Waals surface area contributed by atoms with Gasteiger partial charge in [0.05, 0.1) is 10.9 Å². The van der Waals surface area contributed by atoms with Gasteiger partial charge in [0.2, 0.25) is 5.82 Å². The third-order valence-electron chi connectivity index (χ3n) is 3.42. The van der Waals surface area contributed by atoms with Crippen LogP contribution >= 0.6 is 15.9 Å². The molecule has 1 aromatic carbocycles. The Morgan fingerprint density at radius 1 is 0.609 bits per heavy atom. The van der Waals surface area contributed by atoms with E-state index in [2.05, 4.69) is 15.9 Å². The van der Waals surface area contributed by atoms with Crippen molar-refractivity contribution in [1.29, 1.82) is 0 Å². The van der Waals surface area contributed by atoms with Crippen LogP contribution in [0.25, 0.3) is 0 Å². The molecule has 1 nitrogen and oxygen atoms in total. The first-order valence-corrected chi connectivity index (χ1v) is 6.99. The maximum absolute atomic E-state index is 13.8. The van der Waals surface area contributed by atoms with Gasteiger partial charge in [-0.05, 0) is 0 Å². The van der Waals surface area contributed by atoms with Crippen molar-refractivity contribution in [3.63, 3.8) is 0 Å². The van der Waals surface area contributed by atoms with Crippen LogP contribution in [0.15, 0.2) is 0 Å². The number of rotatable bonds is 2. The molecule has 0 saturated heterocycles. The van der Waals surface area contributed by atoms with E-state index in [4.69, 9.17) is 0 Å². The van der Waals surface area contributed by atoms with E-state index in [1.165, 1.54) is 5.32 Å². The molecular formula is C12H7BrF9N. The van der Waals surface area contributed by atoms with Gasteiger partial charge in [0.25, 0.3) is 0 Å². The summed E-state index contributed by atoms with van der Waals surface area (Å²) in [7, 11) is 0. The maximum atomic E-state index is 13.8. The van der Waals surface area contributed by atoms with Crippen LogP contribution < -0.4 is 5.32 Å². The van der Waals surface area contributed by atoms with Crippen molar-refractivity contribution in [3.8, 4) is 0 Å². The Bertz CT molecular complexity index is 568. The standard InChI is InChI=1S/C12H7BrF9N/c13-1-2(14)7(19)11(8(20)3(1)15)23-12-9(21)5(17)4(16)6(18)10(12)22/h1-3,7-8,11,23H. The molecule has 11 heteroatoms. The summed E-state index contributed by atoms with van der Waals surface area (Å²) in [5.74, 6) is -12.0. The second-order valence-corrected chi connectivity index (χ2v) is 5.89. The predicted octanol–water partition coefficient (Wildman–Crippen LogP) is 4.29. The van der Waals surface area contributed by atoms with E-state index in [0.29, 0.717) is 0 Å².